The lowest BCUT2D eigenvalue weighted by Crippen LogP contribution is -2.08. The monoisotopic (exact) mass is 429 g/mol. The summed E-state index contributed by atoms with van der Waals surface area (Å²) >= 11 is 6.04. The highest BCUT2D eigenvalue weighted by molar-refractivity contribution is 6.30. The van der Waals surface area contributed by atoms with Gasteiger partial charge in [0.2, 0.25) is 0 Å². The molecule has 1 atom stereocenters. The van der Waals surface area contributed by atoms with E-state index in [1.807, 2.05) is 48.7 Å². The molecule has 0 saturated carbocycles. The molecule has 0 fully saturated rings. The first kappa shape index (κ1) is 22.1. The Hall–Kier alpha value is -2.57. The summed E-state index contributed by atoms with van der Waals surface area (Å²) in [7, 11) is 1.64. The maximum absolute atomic E-state index is 6.07. The minimum atomic E-state index is -0.282. The molecule has 0 aliphatic carbocycles. The van der Waals surface area contributed by atoms with Gasteiger partial charge in [0.05, 0.1) is 26.5 Å². The molecule has 30 heavy (non-hydrogen) atoms. The maximum atomic E-state index is 6.07. The van der Waals surface area contributed by atoms with Gasteiger partial charge in [-0.15, -0.1) is 5.10 Å². The van der Waals surface area contributed by atoms with Crippen molar-refractivity contribution in [2.24, 2.45) is 0 Å². The molecule has 0 N–H and O–H groups in total. The van der Waals surface area contributed by atoms with Crippen LogP contribution in [-0.4, -0.2) is 35.3 Å². The Morgan fingerprint density at radius 1 is 1.00 bits per heavy atom. The zero-order chi connectivity index (χ0) is 21.3. The van der Waals surface area contributed by atoms with Crippen molar-refractivity contribution in [3.8, 4) is 11.5 Å². The summed E-state index contributed by atoms with van der Waals surface area (Å²) in [6.07, 6.45) is 3.50. The van der Waals surface area contributed by atoms with Gasteiger partial charge in [-0.2, -0.15) is 0 Å². The second-order valence-electron chi connectivity index (χ2n) is 6.98. The molecule has 6 nitrogen and oxygen atoms in total. The number of benzene rings is 2. The lowest BCUT2D eigenvalue weighted by Gasteiger charge is -2.15. The Morgan fingerprint density at radius 3 is 2.47 bits per heavy atom. The summed E-state index contributed by atoms with van der Waals surface area (Å²) in [4.78, 5) is 0. The number of hydrogen-bond donors (Lipinski definition) is 0. The molecular formula is C23H28ClN3O3. The van der Waals surface area contributed by atoms with E-state index in [2.05, 4.69) is 24.2 Å². The lowest BCUT2D eigenvalue weighted by molar-refractivity contribution is 0.0777. The molecule has 1 aromatic heterocycles. The van der Waals surface area contributed by atoms with Crippen LogP contribution < -0.4 is 9.47 Å². The minimum absolute atomic E-state index is 0.282. The summed E-state index contributed by atoms with van der Waals surface area (Å²) in [6.45, 7) is 6.00. The van der Waals surface area contributed by atoms with Gasteiger partial charge in [-0.1, -0.05) is 48.9 Å². The van der Waals surface area contributed by atoms with Crippen molar-refractivity contribution < 1.29 is 14.2 Å². The Kier molecular flexibility index (Phi) is 8.11. The van der Waals surface area contributed by atoms with Gasteiger partial charge in [0.1, 0.15) is 11.8 Å². The number of rotatable bonds is 11. The van der Waals surface area contributed by atoms with E-state index in [0.717, 1.165) is 41.2 Å². The molecular weight excluding hydrogens is 402 g/mol. The Labute approximate surface area is 182 Å². The first-order chi connectivity index (χ1) is 14.6. The molecule has 0 amide bonds. The predicted octanol–water partition coefficient (Wildman–Crippen LogP) is 5.29. The SMILES string of the molecule is CCCOc1cc(Cn2cc(C(OCCC)c3ccc(Cl)cc3)nn2)ccc1OC. The van der Waals surface area contributed by atoms with E-state index in [-0.39, 0.29) is 6.10 Å². The molecule has 3 aromatic rings. The second-order valence-corrected chi connectivity index (χ2v) is 7.41. The van der Waals surface area contributed by atoms with Gasteiger partial charge < -0.3 is 14.2 Å². The highest BCUT2D eigenvalue weighted by Crippen LogP contribution is 2.29. The molecule has 0 saturated heterocycles. The summed E-state index contributed by atoms with van der Waals surface area (Å²) < 4.78 is 19.1. The van der Waals surface area contributed by atoms with Crippen LogP contribution >= 0.6 is 11.6 Å². The van der Waals surface area contributed by atoms with Crippen molar-refractivity contribution in [2.75, 3.05) is 20.3 Å². The first-order valence-corrected chi connectivity index (χ1v) is 10.6. The fourth-order valence-electron chi connectivity index (χ4n) is 3.07. The zero-order valence-electron chi connectivity index (χ0n) is 17.7. The average molecular weight is 430 g/mol. The third kappa shape index (κ3) is 5.74. The van der Waals surface area contributed by atoms with E-state index in [1.54, 1.807) is 11.8 Å². The molecule has 160 valence electrons. The van der Waals surface area contributed by atoms with Crippen LogP contribution in [0.4, 0.5) is 0 Å². The fraction of sp³-hybridized carbons (Fsp3) is 0.391. The van der Waals surface area contributed by atoms with Gasteiger partial charge in [-0.25, -0.2) is 4.68 Å². The Balaban J connectivity index is 1.79. The van der Waals surface area contributed by atoms with Crippen molar-refractivity contribution in [3.63, 3.8) is 0 Å². The van der Waals surface area contributed by atoms with Crippen LogP contribution in [0.3, 0.4) is 0 Å². The van der Waals surface area contributed by atoms with Gasteiger partial charge in [0, 0.05) is 11.6 Å². The van der Waals surface area contributed by atoms with Crippen molar-refractivity contribution in [1.82, 2.24) is 15.0 Å². The molecule has 7 heteroatoms. The number of halogens is 1. The summed E-state index contributed by atoms with van der Waals surface area (Å²) in [5.41, 5.74) is 2.82. The van der Waals surface area contributed by atoms with Crippen molar-refractivity contribution in [2.45, 2.75) is 39.3 Å². The van der Waals surface area contributed by atoms with Crippen molar-refractivity contribution in [1.29, 1.82) is 0 Å². The number of nitrogens with zero attached hydrogens (tertiary/aromatic N) is 3. The normalized spacial score (nSPS) is 12.0. The van der Waals surface area contributed by atoms with Crippen molar-refractivity contribution >= 4 is 11.6 Å². The number of methoxy groups -OCH3 is 1. The Morgan fingerprint density at radius 2 is 1.77 bits per heavy atom. The van der Waals surface area contributed by atoms with Crippen LogP contribution in [0.15, 0.2) is 48.7 Å². The number of aromatic nitrogens is 3. The first-order valence-electron chi connectivity index (χ1n) is 10.2. The topological polar surface area (TPSA) is 58.4 Å². The van der Waals surface area contributed by atoms with E-state index in [0.29, 0.717) is 24.8 Å². The summed E-state index contributed by atoms with van der Waals surface area (Å²) in [5.74, 6) is 1.46. The quantitative estimate of drug-likeness (QED) is 0.414. The Bertz CT molecular complexity index is 928. The van der Waals surface area contributed by atoms with Crippen molar-refractivity contribution in [3.05, 3.63) is 70.5 Å². The molecule has 0 aliphatic rings. The van der Waals surface area contributed by atoms with Crippen LogP contribution in [-0.2, 0) is 11.3 Å². The lowest BCUT2D eigenvalue weighted by atomic mass is 10.1. The van der Waals surface area contributed by atoms with Crippen LogP contribution in [0, 0.1) is 0 Å². The fourth-order valence-corrected chi connectivity index (χ4v) is 3.19. The van der Waals surface area contributed by atoms with E-state index in [1.165, 1.54) is 0 Å². The molecule has 0 aliphatic heterocycles. The highest BCUT2D eigenvalue weighted by Gasteiger charge is 2.19. The number of hydrogen-bond acceptors (Lipinski definition) is 5. The van der Waals surface area contributed by atoms with E-state index >= 15 is 0 Å². The second kappa shape index (κ2) is 11.0. The average Bonchev–Trinajstić information content (AvgIpc) is 3.22. The van der Waals surface area contributed by atoms with Gasteiger partial charge in [-0.05, 0) is 48.2 Å². The maximum Gasteiger partial charge on any atom is 0.161 e. The van der Waals surface area contributed by atoms with Gasteiger partial charge in [0.15, 0.2) is 11.5 Å². The molecule has 1 heterocycles. The third-order valence-corrected chi connectivity index (χ3v) is 4.77. The molecule has 0 spiro atoms. The van der Waals surface area contributed by atoms with Crippen LogP contribution in [0.2, 0.25) is 5.02 Å². The summed E-state index contributed by atoms with van der Waals surface area (Å²) in [5, 5.41) is 9.37. The smallest absolute Gasteiger partial charge is 0.161 e. The highest BCUT2D eigenvalue weighted by atomic mass is 35.5. The number of ether oxygens (including phenoxy) is 3. The molecule has 0 bridgehead atoms. The molecule has 2 aromatic carbocycles. The van der Waals surface area contributed by atoms with Gasteiger partial charge in [-0.3, -0.25) is 0 Å². The van der Waals surface area contributed by atoms with E-state index in [9.17, 15) is 0 Å². The standard InChI is InChI=1S/C23H28ClN3O3/c1-4-12-29-22-14-17(6-11-21(22)28-3)15-27-16-20(25-26-27)23(30-13-5-2)18-7-9-19(24)10-8-18/h6-11,14,16,23H,4-5,12-13,15H2,1-3H3. The van der Waals surface area contributed by atoms with E-state index in [4.69, 9.17) is 25.8 Å². The molecule has 1 unspecified atom stereocenters. The van der Waals surface area contributed by atoms with Crippen LogP contribution in [0.5, 0.6) is 11.5 Å². The summed E-state index contributed by atoms with van der Waals surface area (Å²) in [6, 6.07) is 13.5. The third-order valence-electron chi connectivity index (χ3n) is 4.52. The van der Waals surface area contributed by atoms with Gasteiger partial charge in [0.25, 0.3) is 0 Å². The van der Waals surface area contributed by atoms with Gasteiger partial charge >= 0.3 is 0 Å². The molecule has 3 rings (SSSR count). The van der Waals surface area contributed by atoms with Crippen LogP contribution in [0.1, 0.15) is 49.6 Å². The predicted molar refractivity (Wildman–Crippen MR) is 117 cm³/mol. The minimum Gasteiger partial charge on any atom is -0.493 e. The molecule has 0 radical (unpaired) electrons. The van der Waals surface area contributed by atoms with Crippen LogP contribution in [0.25, 0.3) is 0 Å². The zero-order valence-corrected chi connectivity index (χ0v) is 18.4. The van der Waals surface area contributed by atoms with E-state index < -0.39 is 0 Å². The largest absolute Gasteiger partial charge is 0.493 e.